The molecule has 2 aliphatic rings. The monoisotopic (exact) mass is 265 g/mol. The fraction of sp³-hybridized carbons (Fsp3) is 0.600. The van der Waals surface area contributed by atoms with E-state index >= 15 is 0 Å². The summed E-state index contributed by atoms with van der Waals surface area (Å²) < 4.78 is 24.6. The van der Waals surface area contributed by atoms with Gasteiger partial charge in [0.15, 0.2) is 11.5 Å². The minimum absolute atomic E-state index is 0.231. The molecule has 0 spiro atoms. The molecule has 2 atom stereocenters. The maximum atomic E-state index is 13.2. The van der Waals surface area contributed by atoms with E-state index in [-0.39, 0.29) is 11.9 Å². The second-order valence-corrected chi connectivity index (χ2v) is 5.47. The third-order valence-electron chi connectivity index (χ3n) is 4.04. The molecule has 1 aromatic carbocycles. The summed E-state index contributed by atoms with van der Waals surface area (Å²) in [6.07, 6.45) is 3.87. The molecule has 1 saturated heterocycles. The fourth-order valence-electron chi connectivity index (χ4n) is 2.84. The lowest BCUT2D eigenvalue weighted by molar-refractivity contribution is 0.116. The Hall–Kier alpha value is -1.29. The van der Waals surface area contributed by atoms with Crippen molar-refractivity contribution in [3.8, 4) is 11.5 Å². The summed E-state index contributed by atoms with van der Waals surface area (Å²) in [6, 6.07) is 4.48. The molecule has 4 heteroatoms. The lowest BCUT2D eigenvalue weighted by Crippen LogP contribution is -2.31. The van der Waals surface area contributed by atoms with Gasteiger partial charge in [0.1, 0.15) is 11.9 Å². The van der Waals surface area contributed by atoms with Crippen molar-refractivity contribution in [2.45, 2.75) is 25.4 Å². The molecule has 0 amide bonds. The Balaban J connectivity index is 1.77. The van der Waals surface area contributed by atoms with E-state index < -0.39 is 0 Å². The summed E-state index contributed by atoms with van der Waals surface area (Å²) in [5.41, 5.74) is 0. The molecule has 1 saturated carbocycles. The third-order valence-corrected chi connectivity index (χ3v) is 4.04. The zero-order valence-corrected chi connectivity index (χ0v) is 11.2. The van der Waals surface area contributed by atoms with Crippen LogP contribution in [0.5, 0.6) is 11.5 Å². The quantitative estimate of drug-likeness (QED) is 0.887. The molecule has 0 radical (unpaired) electrons. The molecule has 2 fully saturated rings. The van der Waals surface area contributed by atoms with Crippen LogP contribution in [0.25, 0.3) is 0 Å². The highest BCUT2D eigenvalue weighted by atomic mass is 19.1. The van der Waals surface area contributed by atoms with E-state index in [1.165, 1.54) is 25.0 Å². The van der Waals surface area contributed by atoms with Crippen molar-refractivity contribution in [2.24, 2.45) is 11.8 Å². The van der Waals surface area contributed by atoms with Crippen molar-refractivity contribution < 1.29 is 13.9 Å². The maximum absolute atomic E-state index is 13.2. The van der Waals surface area contributed by atoms with E-state index in [1.807, 2.05) is 0 Å². The van der Waals surface area contributed by atoms with Crippen LogP contribution in [0.1, 0.15) is 19.3 Å². The molecule has 3 rings (SSSR count). The number of hydrogen-bond acceptors (Lipinski definition) is 3. The summed E-state index contributed by atoms with van der Waals surface area (Å²) >= 11 is 0. The van der Waals surface area contributed by atoms with Gasteiger partial charge in [0, 0.05) is 18.5 Å². The molecule has 0 aromatic heterocycles. The molecule has 1 heterocycles. The predicted molar refractivity (Wildman–Crippen MR) is 71.1 cm³/mol. The van der Waals surface area contributed by atoms with Gasteiger partial charge in [-0.05, 0) is 43.9 Å². The van der Waals surface area contributed by atoms with Gasteiger partial charge in [-0.25, -0.2) is 4.39 Å². The first kappa shape index (κ1) is 12.7. The average Bonchev–Trinajstić information content (AvgIpc) is 3.11. The Morgan fingerprint density at radius 2 is 2.05 bits per heavy atom. The maximum Gasteiger partial charge on any atom is 0.163 e. The molecule has 3 nitrogen and oxygen atoms in total. The first-order valence-corrected chi connectivity index (χ1v) is 6.99. The van der Waals surface area contributed by atoms with Crippen molar-refractivity contribution in [3.05, 3.63) is 24.0 Å². The van der Waals surface area contributed by atoms with E-state index in [0.717, 1.165) is 19.5 Å². The number of rotatable bonds is 5. The highest BCUT2D eigenvalue weighted by Crippen LogP contribution is 2.41. The Labute approximate surface area is 113 Å². The zero-order valence-electron chi connectivity index (χ0n) is 11.2. The van der Waals surface area contributed by atoms with Gasteiger partial charge in [0.2, 0.25) is 0 Å². The van der Waals surface area contributed by atoms with Crippen LogP contribution in [0, 0.1) is 17.7 Å². The number of halogens is 1. The van der Waals surface area contributed by atoms with Crippen LogP contribution in [0.2, 0.25) is 0 Å². The second kappa shape index (κ2) is 5.37. The highest BCUT2D eigenvalue weighted by molar-refractivity contribution is 5.40. The van der Waals surface area contributed by atoms with E-state index in [2.05, 4.69) is 5.32 Å². The topological polar surface area (TPSA) is 30.5 Å². The molecular formula is C15H20FNO2. The van der Waals surface area contributed by atoms with E-state index in [4.69, 9.17) is 9.47 Å². The Bertz CT molecular complexity index is 442. The zero-order chi connectivity index (χ0) is 13.2. The van der Waals surface area contributed by atoms with Gasteiger partial charge in [-0.15, -0.1) is 0 Å². The number of ether oxygens (including phenoxy) is 2. The van der Waals surface area contributed by atoms with E-state index in [9.17, 15) is 4.39 Å². The fourth-order valence-corrected chi connectivity index (χ4v) is 2.84. The van der Waals surface area contributed by atoms with Crippen molar-refractivity contribution in [2.75, 3.05) is 20.2 Å². The van der Waals surface area contributed by atoms with Crippen LogP contribution in [0.4, 0.5) is 4.39 Å². The van der Waals surface area contributed by atoms with Crippen molar-refractivity contribution in [1.82, 2.24) is 5.32 Å². The average molecular weight is 265 g/mol. The predicted octanol–water partition coefficient (Wildman–Crippen LogP) is 2.60. The molecule has 1 aliphatic carbocycles. The third kappa shape index (κ3) is 2.84. The smallest absolute Gasteiger partial charge is 0.163 e. The standard InChI is InChI=1S/C15H20FNO2/c1-18-14-8-12(16)4-5-13(14)19-15(10-2-3-10)11-6-7-17-9-11/h4-5,8,10-11,15,17H,2-3,6-7,9H2,1H3/t11-,15-/m0/s1. The van der Waals surface area contributed by atoms with Crippen molar-refractivity contribution >= 4 is 0 Å². The Kier molecular flexibility index (Phi) is 3.60. The van der Waals surface area contributed by atoms with Crippen LogP contribution >= 0.6 is 0 Å². The first-order valence-electron chi connectivity index (χ1n) is 6.99. The Morgan fingerprint density at radius 1 is 1.21 bits per heavy atom. The summed E-state index contributed by atoms with van der Waals surface area (Å²) in [6.45, 7) is 2.09. The molecule has 0 bridgehead atoms. The van der Waals surface area contributed by atoms with Crippen LogP contribution in [0.15, 0.2) is 18.2 Å². The van der Waals surface area contributed by atoms with Gasteiger partial charge >= 0.3 is 0 Å². The molecular weight excluding hydrogens is 245 g/mol. The first-order chi connectivity index (χ1) is 9.28. The van der Waals surface area contributed by atoms with E-state index in [1.54, 1.807) is 13.2 Å². The minimum atomic E-state index is -0.297. The second-order valence-electron chi connectivity index (χ2n) is 5.47. The molecule has 19 heavy (non-hydrogen) atoms. The summed E-state index contributed by atoms with van der Waals surface area (Å²) in [5, 5.41) is 3.39. The van der Waals surface area contributed by atoms with Gasteiger partial charge in [-0.1, -0.05) is 0 Å². The van der Waals surface area contributed by atoms with Crippen LogP contribution in [0.3, 0.4) is 0 Å². The number of methoxy groups -OCH3 is 1. The lowest BCUT2D eigenvalue weighted by atomic mass is 9.97. The van der Waals surface area contributed by atoms with Gasteiger partial charge < -0.3 is 14.8 Å². The van der Waals surface area contributed by atoms with Gasteiger partial charge in [-0.2, -0.15) is 0 Å². The molecule has 1 aromatic rings. The van der Waals surface area contributed by atoms with Gasteiger partial charge in [-0.3, -0.25) is 0 Å². The molecule has 104 valence electrons. The molecule has 1 aliphatic heterocycles. The van der Waals surface area contributed by atoms with Crippen LogP contribution < -0.4 is 14.8 Å². The van der Waals surface area contributed by atoms with E-state index in [0.29, 0.717) is 23.3 Å². The van der Waals surface area contributed by atoms with Crippen molar-refractivity contribution in [3.63, 3.8) is 0 Å². The summed E-state index contributed by atoms with van der Waals surface area (Å²) in [7, 11) is 1.55. The largest absolute Gasteiger partial charge is 0.493 e. The summed E-state index contributed by atoms with van der Waals surface area (Å²) in [5.74, 6) is 2.06. The number of benzene rings is 1. The van der Waals surface area contributed by atoms with Crippen LogP contribution in [-0.2, 0) is 0 Å². The lowest BCUT2D eigenvalue weighted by Gasteiger charge is -2.25. The summed E-state index contributed by atoms with van der Waals surface area (Å²) in [4.78, 5) is 0. The number of hydrogen-bond donors (Lipinski definition) is 1. The molecule has 0 unspecified atom stereocenters. The highest BCUT2D eigenvalue weighted by Gasteiger charge is 2.39. The minimum Gasteiger partial charge on any atom is -0.493 e. The van der Waals surface area contributed by atoms with Gasteiger partial charge in [0.25, 0.3) is 0 Å². The van der Waals surface area contributed by atoms with Gasteiger partial charge in [0.05, 0.1) is 7.11 Å². The Morgan fingerprint density at radius 3 is 2.68 bits per heavy atom. The SMILES string of the molecule is COc1cc(F)ccc1O[C@@H](C1CC1)[C@H]1CCNC1. The normalized spacial score (nSPS) is 24.2. The molecule has 1 N–H and O–H groups in total. The van der Waals surface area contributed by atoms with Crippen molar-refractivity contribution in [1.29, 1.82) is 0 Å². The number of nitrogens with one attached hydrogen (secondary N) is 1. The van der Waals surface area contributed by atoms with Crippen LogP contribution in [-0.4, -0.2) is 26.3 Å².